The number of rotatable bonds is 7. The molecule has 0 bridgehead atoms. The van der Waals surface area contributed by atoms with Gasteiger partial charge >= 0.3 is 0 Å². The summed E-state index contributed by atoms with van der Waals surface area (Å²) in [7, 11) is 0. The fraction of sp³-hybridized carbons (Fsp3) is 0.588. The summed E-state index contributed by atoms with van der Waals surface area (Å²) in [6, 6.07) is 10.7. The Morgan fingerprint density at radius 1 is 1.19 bits per heavy atom. The van der Waals surface area contributed by atoms with Gasteiger partial charge in [-0.3, -0.25) is 4.99 Å². The summed E-state index contributed by atoms with van der Waals surface area (Å²) >= 11 is 0. The number of hydrogen-bond donors (Lipinski definition) is 1. The van der Waals surface area contributed by atoms with Crippen molar-refractivity contribution in [3.8, 4) is 0 Å². The van der Waals surface area contributed by atoms with Crippen LogP contribution in [0.2, 0.25) is 0 Å². The molecule has 1 heterocycles. The van der Waals surface area contributed by atoms with Crippen LogP contribution in [0, 0.1) is 0 Å². The minimum absolute atomic E-state index is 0.0709. The second-order valence-electron chi connectivity index (χ2n) is 5.60. The predicted molar refractivity (Wildman–Crippen MR) is 89.4 cm³/mol. The predicted octanol–water partition coefficient (Wildman–Crippen LogP) is 2.26. The summed E-state index contributed by atoms with van der Waals surface area (Å²) < 4.78 is 0. The lowest BCUT2D eigenvalue weighted by atomic mass is 9.86. The molecule has 1 aliphatic heterocycles. The largest absolute Gasteiger partial charge is 0.370 e. The second kappa shape index (κ2) is 6.94. The van der Waals surface area contributed by atoms with Gasteiger partial charge in [-0.25, -0.2) is 0 Å². The summed E-state index contributed by atoms with van der Waals surface area (Å²) in [4.78, 5) is 9.28. The van der Waals surface area contributed by atoms with Crippen molar-refractivity contribution < 1.29 is 0 Å². The van der Waals surface area contributed by atoms with Gasteiger partial charge in [-0.1, -0.05) is 51.1 Å². The highest BCUT2D eigenvalue weighted by Crippen LogP contribution is 2.35. The number of benzene rings is 1. The zero-order valence-electron chi connectivity index (χ0n) is 13.5. The third-order valence-electron chi connectivity index (χ3n) is 4.73. The number of aliphatic imine (C=N–C) groups is 1. The van der Waals surface area contributed by atoms with Crippen molar-refractivity contribution in [1.29, 1.82) is 0 Å². The molecular formula is C17H28N4. The maximum absolute atomic E-state index is 6.19. The van der Waals surface area contributed by atoms with Crippen molar-refractivity contribution in [2.24, 2.45) is 10.7 Å². The molecule has 116 valence electrons. The molecule has 0 aromatic heterocycles. The van der Waals surface area contributed by atoms with E-state index in [2.05, 4.69) is 65.9 Å². The summed E-state index contributed by atoms with van der Waals surface area (Å²) in [5.74, 6) is 0.688. The van der Waals surface area contributed by atoms with Gasteiger partial charge in [0.15, 0.2) is 5.96 Å². The van der Waals surface area contributed by atoms with Crippen LogP contribution < -0.4 is 5.73 Å². The van der Waals surface area contributed by atoms with Crippen molar-refractivity contribution in [1.82, 2.24) is 9.80 Å². The van der Waals surface area contributed by atoms with Crippen LogP contribution >= 0.6 is 0 Å². The Kier molecular flexibility index (Phi) is 5.23. The van der Waals surface area contributed by atoms with Crippen molar-refractivity contribution in [3.05, 3.63) is 35.9 Å². The smallest absolute Gasteiger partial charge is 0.192 e. The summed E-state index contributed by atoms with van der Waals surface area (Å²) in [5, 5.41) is 0. The molecule has 4 heteroatoms. The molecule has 0 fully saturated rings. The Balaban J connectivity index is 2.21. The van der Waals surface area contributed by atoms with Crippen molar-refractivity contribution >= 4 is 5.96 Å². The van der Waals surface area contributed by atoms with E-state index < -0.39 is 0 Å². The Morgan fingerprint density at radius 2 is 1.86 bits per heavy atom. The molecule has 0 spiro atoms. The summed E-state index contributed by atoms with van der Waals surface area (Å²) in [6.45, 7) is 11.5. The molecule has 1 aliphatic rings. The third kappa shape index (κ3) is 3.05. The van der Waals surface area contributed by atoms with E-state index in [0.29, 0.717) is 5.96 Å². The molecule has 1 aromatic rings. The molecule has 1 aromatic carbocycles. The first-order valence-electron chi connectivity index (χ1n) is 8.03. The Morgan fingerprint density at radius 3 is 2.43 bits per heavy atom. The van der Waals surface area contributed by atoms with E-state index in [9.17, 15) is 0 Å². The molecule has 0 amide bonds. The van der Waals surface area contributed by atoms with Crippen molar-refractivity contribution in [2.45, 2.75) is 32.7 Å². The van der Waals surface area contributed by atoms with Gasteiger partial charge in [0.1, 0.15) is 0 Å². The maximum Gasteiger partial charge on any atom is 0.192 e. The van der Waals surface area contributed by atoms with Gasteiger partial charge in [-0.05, 0) is 25.1 Å². The van der Waals surface area contributed by atoms with Gasteiger partial charge in [-0.15, -0.1) is 0 Å². The molecule has 0 saturated heterocycles. The van der Waals surface area contributed by atoms with Crippen molar-refractivity contribution in [3.63, 3.8) is 0 Å². The lowest BCUT2D eigenvalue weighted by Crippen LogP contribution is -2.51. The molecule has 21 heavy (non-hydrogen) atoms. The van der Waals surface area contributed by atoms with Crippen LogP contribution in [0.3, 0.4) is 0 Å². The normalized spacial score (nSPS) is 21.9. The molecule has 1 unspecified atom stereocenters. The number of guanidine groups is 1. The van der Waals surface area contributed by atoms with E-state index >= 15 is 0 Å². The van der Waals surface area contributed by atoms with Crippen LogP contribution in [0.15, 0.2) is 35.3 Å². The highest BCUT2D eigenvalue weighted by molar-refractivity contribution is 5.81. The molecule has 0 saturated carbocycles. The zero-order valence-corrected chi connectivity index (χ0v) is 13.5. The number of nitrogens with two attached hydrogens (primary N) is 1. The van der Waals surface area contributed by atoms with Gasteiger partial charge in [0, 0.05) is 13.1 Å². The highest BCUT2D eigenvalue weighted by atomic mass is 15.4. The third-order valence-corrected chi connectivity index (χ3v) is 4.73. The first-order chi connectivity index (χ1) is 10.2. The molecule has 2 rings (SSSR count). The number of likely N-dealkylation sites (N-methyl/N-ethyl adjacent to an activating group) is 1. The second-order valence-corrected chi connectivity index (χ2v) is 5.60. The van der Waals surface area contributed by atoms with Crippen LogP contribution in [0.5, 0.6) is 0 Å². The highest BCUT2D eigenvalue weighted by Gasteiger charge is 2.41. The SMILES string of the molecule is CCN(CC)CCN1C(N)=NCC1(CC)c1ccccc1. The minimum atomic E-state index is -0.0709. The summed E-state index contributed by atoms with van der Waals surface area (Å²) in [5.41, 5.74) is 7.44. The molecule has 0 aliphatic carbocycles. The van der Waals surface area contributed by atoms with Crippen molar-refractivity contribution in [2.75, 3.05) is 32.7 Å². The van der Waals surface area contributed by atoms with Crippen LogP contribution in [0.25, 0.3) is 0 Å². The van der Waals surface area contributed by atoms with E-state index in [1.54, 1.807) is 0 Å². The summed E-state index contributed by atoms with van der Waals surface area (Å²) in [6.07, 6.45) is 1.01. The number of hydrogen-bond acceptors (Lipinski definition) is 4. The Bertz CT molecular complexity index is 467. The van der Waals surface area contributed by atoms with Gasteiger partial charge in [0.2, 0.25) is 0 Å². The van der Waals surface area contributed by atoms with Gasteiger partial charge in [0.05, 0.1) is 12.1 Å². The van der Waals surface area contributed by atoms with Gasteiger partial charge < -0.3 is 15.5 Å². The molecule has 0 radical (unpaired) electrons. The van der Waals surface area contributed by atoms with Crippen LogP contribution in [0.4, 0.5) is 0 Å². The van der Waals surface area contributed by atoms with E-state index in [1.807, 2.05) is 0 Å². The topological polar surface area (TPSA) is 44.9 Å². The maximum atomic E-state index is 6.19. The quantitative estimate of drug-likeness (QED) is 0.837. The zero-order chi connectivity index (χ0) is 15.3. The van der Waals surface area contributed by atoms with E-state index in [4.69, 9.17) is 5.73 Å². The van der Waals surface area contributed by atoms with Gasteiger partial charge in [0.25, 0.3) is 0 Å². The fourth-order valence-corrected chi connectivity index (χ4v) is 3.21. The Hall–Kier alpha value is -1.55. The van der Waals surface area contributed by atoms with E-state index in [0.717, 1.165) is 39.1 Å². The van der Waals surface area contributed by atoms with E-state index in [-0.39, 0.29) is 5.54 Å². The molecule has 4 nitrogen and oxygen atoms in total. The van der Waals surface area contributed by atoms with Gasteiger partial charge in [-0.2, -0.15) is 0 Å². The lowest BCUT2D eigenvalue weighted by Gasteiger charge is -2.40. The fourth-order valence-electron chi connectivity index (χ4n) is 3.21. The monoisotopic (exact) mass is 288 g/mol. The standard InChI is InChI=1S/C17H28N4/c1-4-17(15-10-8-7-9-11-15)14-19-16(18)21(17)13-12-20(5-2)6-3/h7-11H,4-6,12-14H2,1-3H3,(H2,18,19). The average molecular weight is 288 g/mol. The molecular weight excluding hydrogens is 260 g/mol. The van der Waals surface area contributed by atoms with Crippen LogP contribution in [0.1, 0.15) is 32.8 Å². The van der Waals surface area contributed by atoms with Crippen LogP contribution in [-0.4, -0.2) is 48.5 Å². The molecule has 1 atom stereocenters. The molecule has 2 N–H and O–H groups in total. The number of nitrogens with zero attached hydrogens (tertiary/aromatic N) is 3. The van der Waals surface area contributed by atoms with Crippen LogP contribution in [-0.2, 0) is 5.54 Å². The first-order valence-corrected chi connectivity index (χ1v) is 8.03. The minimum Gasteiger partial charge on any atom is -0.370 e. The first kappa shape index (κ1) is 15.8. The Labute approximate surface area is 128 Å². The average Bonchev–Trinajstić information content (AvgIpc) is 2.87. The lowest BCUT2D eigenvalue weighted by molar-refractivity contribution is 0.167. The van der Waals surface area contributed by atoms with E-state index in [1.165, 1.54) is 5.56 Å².